The van der Waals surface area contributed by atoms with Crippen molar-refractivity contribution in [3.05, 3.63) is 88.1 Å². The summed E-state index contributed by atoms with van der Waals surface area (Å²) in [6.45, 7) is 2.36. The first-order valence-electron chi connectivity index (χ1n) is 7.87. The lowest BCUT2D eigenvalue weighted by Gasteiger charge is -2.07. The molecule has 126 valence electrons. The van der Waals surface area contributed by atoms with Gasteiger partial charge in [0.05, 0.1) is 5.71 Å². The number of hydrazone groups is 1. The zero-order valence-corrected chi connectivity index (χ0v) is 14.6. The van der Waals surface area contributed by atoms with E-state index in [2.05, 4.69) is 10.5 Å². The summed E-state index contributed by atoms with van der Waals surface area (Å²) in [6, 6.07) is 20.9. The van der Waals surface area contributed by atoms with Crippen LogP contribution < -0.4 is 10.2 Å². The maximum atomic E-state index is 12.2. The van der Waals surface area contributed by atoms with Crippen LogP contribution in [0.4, 0.5) is 0 Å². The lowest BCUT2D eigenvalue weighted by Crippen LogP contribution is -2.19. The molecule has 0 radical (unpaired) electrons. The molecule has 2 aromatic carbocycles. The molecule has 0 saturated heterocycles. The van der Waals surface area contributed by atoms with E-state index in [1.807, 2.05) is 54.8 Å². The average Bonchev–Trinajstić information content (AvgIpc) is 3.20. The fourth-order valence-electron chi connectivity index (χ4n) is 2.18. The molecule has 0 aliphatic heterocycles. The minimum Gasteiger partial charge on any atom is -0.489 e. The Morgan fingerprint density at radius 1 is 1.04 bits per heavy atom. The van der Waals surface area contributed by atoms with Crippen LogP contribution in [0.2, 0.25) is 0 Å². The second-order valence-electron chi connectivity index (χ2n) is 5.41. The third kappa shape index (κ3) is 4.78. The number of ether oxygens (including phenoxy) is 1. The molecule has 0 fully saturated rings. The normalized spacial score (nSPS) is 11.2. The Morgan fingerprint density at radius 2 is 1.80 bits per heavy atom. The standard InChI is InChI=1S/C20H18N2O2S/c1-15(19-8-5-13-25-19)21-22-20(23)17-9-11-18(12-10-17)24-14-16-6-3-2-4-7-16/h2-13H,14H2,1H3,(H,22,23)/b21-15+. The number of carbonyl (C=O) groups is 1. The Hall–Kier alpha value is -2.92. The van der Waals surface area contributed by atoms with E-state index >= 15 is 0 Å². The van der Waals surface area contributed by atoms with Gasteiger partial charge in [0.15, 0.2) is 0 Å². The Labute approximate surface area is 150 Å². The number of nitrogens with one attached hydrogen (secondary N) is 1. The summed E-state index contributed by atoms with van der Waals surface area (Å²) in [5, 5.41) is 6.11. The van der Waals surface area contributed by atoms with Gasteiger partial charge in [-0.25, -0.2) is 5.43 Å². The topological polar surface area (TPSA) is 50.7 Å². The monoisotopic (exact) mass is 350 g/mol. The van der Waals surface area contributed by atoms with E-state index in [0.717, 1.165) is 21.9 Å². The summed E-state index contributed by atoms with van der Waals surface area (Å²) >= 11 is 1.59. The number of carbonyl (C=O) groups excluding carboxylic acids is 1. The highest BCUT2D eigenvalue weighted by Gasteiger charge is 2.06. The van der Waals surface area contributed by atoms with Crippen molar-refractivity contribution in [3.8, 4) is 5.75 Å². The molecule has 0 bridgehead atoms. The Bertz CT molecular complexity index is 841. The minimum absolute atomic E-state index is 0.245. The van der Waals surface area contributed by atoms with Crippen molar-refractivity contribution in [1.82, 2.24) is 5.43 Å². The molecule has 1 amide bonds. The molecule has 5 heteroatoms. The molecular weight excluding hydrogens is 332 g/mol. The van der Waals surface area contributed by atoms with Crippen molar-refractivity contribution in [2.75, 3.05) is 0 Å². The minimum atomic E-state index is -0.245. The lowest BCUT2D eigenvalue weighted by atomic mass is 10.2. The predicted octanol–water partition coefficient (Wildman–Crippen LogP) is 4.48. The van der Waals surface area contributed by atoms with Gasteiger partial charge >= 0.3 is 0 Å². The highest BCUT2D eigenvalue weighted by atomic mass is 32.1. The van der Waals surface area contributed by atoms with Gasteiger partial charge in [0.25, 0.3) is 5.91 Å². The average molecular weight is 350 g/mol. The van der Waals surface area contributed by atoms with Gasteiger partial charge in [0, 0.05) is 10.4 Å². The van der Waals surface area contributed by atoms with Crippen LogP contribution >= 0.6 is 11.3 Å². The summed E-state index contributed by atoms with van der Waals surface area (Å²) in [4.78, 5) is 13.2. The van der Waals surface area contributed by atoms with Gasteiger partial charge in [-0.2, -0.15) is 5.10 Å². The van der Waals surface area contributed by atoms with Crippen molar-refractivity contribution >= 4 is 23.0 Å². The Kier molecular flexibility index (Phi) is 5.59. The molecule has 1 heterocycles. The van der Waals surface area contributed by atoms with Crippen LogP contribution in [0.1, 0.15) is 27.7 Å². The molecule has 1 N–H and O–H groups in total. The fraction of sp³-hybridized carbons (Fsp3) is 0.100. The molecule has 0 aliphatic rings. The van der Waals surface area contributed by atoms with Gasteiger partial charge in [-0.1, -0.05) is 36.4 Å². The van der Waals surface area contributed by atoms with Crippen LogP contribution in [0.25, 0.3) is 0 Å². The van der Waals surface area contributed by atoms with Crippen molar-refractivity contribution in [1.29, 1.82) is 0 Å². The smallest absolute Gasteiger partial charge is 0.271 e. The third-order valence-corrected chi connectivity index (χ3v) is 4.55. The summed E-state index contributed by atoms with van der Waals surface area (Å²) in [5.74, 6) is 0.476. The van der Waals surface area contributed by atoms with E-state index in [1.165, 1.54) is 0 Å². The van der Waals surface area contributed by atoms with Gasteiger partial charge in [0.2, 0.25) is 0 Å². The van der Waals surface area contributed by atoms with Crippen LogP contribution in [0.15, 0.2) is 77.2 Å². The predicted molar refractivity (Wildman–Crippen MR) is 101 cm³/mol. The van der Waals surface area contributed by atoms with Crippen molar-refractivity contribution in [2.45, 2.75) is 13.5 Å². The molecule has 0 unspecified atom stereocenters. The lowest BCUT2D eigenvalue weighted by molar-refractivity contribution is 0.0955. The first kappa shape index (κ1) is 16.9. The molecule has 0 spiro atoms. The van der Waals surface area contributed by atoms with Crippen LogP contribution in [0.5, 0.6) is 5.75 Å². The first-order valence-corrected chi connectivity index (χ1v) is 8.75. The maximum Gasteiger partial charge on any atom is 0.271 e. The van der Waals surface area contributed by atoms with Crippen LogP contribution in [0.3, 0.4) is 0 Å². The van der Waals surface area contributed by atoms with Gasteiger partial charge in [0.1, 0.15) is 12.4 Å². The van der Waals surface area contributed by atoms with Crippen LogP contribution in [-0.4, -0.2) is 11.6 Å². The summed E-state index contributed by atoms with van der Waals surface area (Å²) < 4.78 is 5.72. The Balaban J connectivity index is 1.56. The fourth-order valence-corrected chi connectivity index (χ4v) is 2.86. The zero-order valence-electron chi connectivity index (χ0n) is 13.8. The maximum absolute atomic E-state index is 12.2. The highest BCUT2D eigenvalue weighted by molar-refractivity contribution is 7.12. The van der Waals surface area contributed by atoms with Crippen LogP contribution in [0, 0.1) is 0 Å². The van der Waals surface area contributed by atoms with E-state index in [0.29, 0.717) is 12.2 Å². The largest absolute Gasteiger partial charge is 0.489 e. The quantitative estimate of drug-likeness (QED) is 0.526. The van der Waals surface area contributed by atoms with Crippen molar-refractivity contribution < 1.29 is 9.53 Å². The second kappa shape index (κ2) is 8.26. The van der Waals surface area contributed by atoms with Gasteiger partial charge < -0.3 is 4.74 Å². The molecular formula is C20H18N2O2S. The number of benzene rings is 2. The van der Waals surface area contributed by atoms with E-state index in [4.69, 9.17) is 4.74 Å². The second-order valence-corrected chi connectivity index (χ2v) is 6.36. The number of thiophene rings is 1. The van der Waals surface area contributed by atoms with E-state index in [1.54, 1.807) is 35.6 Å². The summed E-state index contributed by atoms with van der Waals surface area (Å²) in [7, 11) is 0. The molecule has 25 heavy (non-hydrogen) atoms. The molecule has 3 aromatic rings. The Morgan fingerprint density at radius 3 is 2.48 bits per heavy atom. The van der Waals surface area contributed by atoms with Crippen LogP contribution in [-0.2, 0) is 6.61 Å². The van der Waals surface area contributed by atoms with Crippen molar-refractivity contribution in [3.63, 3.8) is 0 Å². The number of rotatable bonds is 6. The molecule has 1 aromatic heterocycles. The van der Waals surface area contributed by atoms with E-state index in [-0.39, 0.29) is 5.91 Å². The zero-order chi connectivity index (χ0) is 17.5. The highest BCUT2D eigenvalue weighted by Crippen LogP contribution is 2.14. The van der Waals surface area contributed by atoms with Gasteiger partial charge in [-0.3, -0.25) is 4.79 Å². The van der Waals surface area contributed by atoms with Crippen molar-refractivity contribution in [2.24, 2.45) is 5.10 Å². The molecule has 0 aliphatic carbocycles. The van der Waals surface area contributed by atoms with Gasteiger partial charge in [-0.05, 0) is 48.2 Å². The molecule has 0 saturated carbocycles. The summed E-state index contributed by atoms with van der Waals surface area (Å²) in [5.41, 5.74) is 5.00. The van der Waals surface area contributed by atoms with Gasteiger partial charge in [-0.15, -0.1) is 11.3 Å². The van der Waals surface area contributed by atoms with E-state index in [9.17, 15) is 4.79 Å². The van der Waals surface area contributed by atoms with E-state index < -0.39 is 0 Å². The number of nitrogens with zero attached hydrogens (tertiary/aromatic N) is 1. The SMILES string of the molecule is C/C(=N\NC(=O)c1ccc(OCc2ccccc2)cc1)c1cccs1. The molecule has 3 rings (SSSR count). The third-order valence-electron chi connectivity index (χ3n) is 3.57. The summed E-state index contributed by atoms with van der Waals surface area (Å²) in [6.07, 6.45) is 0. The number of hydrogen-bond donors (Lipinski definition) is 1. The number of hydrogen-bond acceptors (Lipinski definition) is 4. The number of amides is 1. The first-order chi connectivity index (χ1) is 12.2. The molecule has 4 nitrogen and oxygen atoms in total. The molecule has 0 atom stereocenters.